The van der Waals surface area contributed by atoms with Crippen LogP contribution in [-0.4, -0.2) is 31.0 Å². The Balaban J connectivity index is 2.09. The molecular weight excluding hydrogens is 262 g/mol. The number of nitrogens with one attached hydrogen (secondary N) is 1. The zero-order valence-electron chi connectivity index (χ0n) is 11.4. The van der Waals surface area contributed by atoms with E-state index in [-0.39, 0.29) is 12.7 Å². The number of benzene rings is 1. The van der Waals surface area contributed by atoms with Crippen LogP contribution >= 0.6 is 11.6 Å². The molecule has 1 saturated heterocycles. The topological polar surface area (TPSA) is 41.5 Å². The fourth-order valence-corrected chi connectivity index (χ4v) is 2.70. The molecule has 0 radical (unpaired) electrons. The Hall–Kier alpha value is -0.610. The molecule has 0 spiro atoms. The fraction of sp³-hybridized carbons (Fsp3) is 0.600. The van der Waals surface area contributed by atoms with Crippen molar-refractivity contribution in [3.8, 4) is 0 Å². The molecule has 2 rings (SSSR count). The van der Waals surface area contributed by atoms with Gasteiger partial charge in [-0.1, -0.05) is 30.7 Å². The first kappa shape index (κ1) is 14.8. The van der Waals surface area contributed by atoms with Gasteiger partial charge in [-0.25, -0.2) is 0 Å². The quantitative estimate of drug-likeness (QED) is 0.843. The number of rotatable bonds is 6. The van der Waals surface area contributed by atoms with Crippen molar-refractivity contribution in [3.63, 3.8) is 0 Å². The van der Waals surface area contributed by atoms with Crippen molar-refractivity contribution in [3.05, 3.63) is 34.9 Å². The molecule has 2 N–H and O–H groups in total. The Labute approximate surface area is 119 Å². The summed E-state index contributed by atoms with van der Waals surface area (Å²) in [7, 11) is 0. The predicted molar refractivity (Wildman–Crippen MR) is 77.5 cm³/mol. The Kier molecular flexibility index (Phi) is 5.22. The summed E-state index contributed by atoms with van der Waals surface area (Å²) < 4.78 is 5.63. The van der Waals surface area contributed by atoms with Gasteiger partial charge in [0.15, 0.2) is 0 Å². The molecule has 0 aliphatic carbocycles. The van der Waals surface area contributed by atoms with Gasteiger partial charge < -0.3 is 15.2 Å². The zero-order chi connectivity index (χ0) is 13.7. The van der Waals surface area contributed by atoms with Gasteiger partial charge in [-0.3, -0.25) is 0 Å². The van der Waals surface area contributed by atoms with Crippen LogP contribution in [0.15, 0.2) is 24.3 Å². The van der Waals surface area contributed by atoms with E-state index in [1.54, 1.807) is 0 Å². The number of hydrogen-bond acceptors (Lipinski definition) is 3. The molecule has 4 heteroatoms. The largest absolute Gasteiger partial charge is 0.394 e. The van der Waals surface area contributed by atoms with Crippen molar-refractivity contribution < 1.29 is 9.84 Å². The average molecular weight is 284 g/mol. The second-order valence-corrected chi connectivity index (χ2v) is 5.55. The second-order valence-electron chi connectivity index (χ2n) is 5.12. The minimum atomic E-state index is -0.406. The van der Waals surface area contributed by atoms with Crippen LogP contribution in [0.4, 0.5) is 0 Å². The van der Waals surface area contributed by atoms with Gasteiger partial charge in [0.25, 0.3) is 0 Å². The maximum absolute atomic E-state index is 9.84. The van der Waals surface area contributed by atoms with Crippen molar-refractivity contribution in [2.24, 2.45) is 0 Å². The Bertz CT molecular complexity index is 384. The minimum Gasteiger partial charge on any atom is -0.394 e. The standard InChI is InChI=1S/C15H22ClNO2/c1-2-15(11-18,12-5-7-13(16)8-6-12)17-10-14-4-3-9-19-14/h5-8,14,17-18H,2-4,9-11H2,1H3. The highest BCUT2D eigenvalue weighted by Gasteiger charge is 2.30. The molecule has 3 nitrogen and oxygen atoms in total. The lowest BCUT2D eigenvalue weighted by Gasteiger charge is -2.34. The first-order valence-corrected chi connectivity index (χ1v) is 7.31. The summed E-state index contributed by atoms with van der Waals surface area (Å²) in [5.41, 5.74) is 0.663. The number of hydrogen-bond donors (Lipinski definition) is 2. The van der Waals surface area contributed by atoms with Gasteiger partial charge in [-0.05, 0) is 37.0 Å². The zero-order valence-corrected chi connectivity index (χ0v) is 12.1. The molecule has 106 valence electrons. The van der Waals surface area contributed by atoms with Gasteiger partial charge in [-0.15, -0.1) is 0 Å². The van der Waals surface area contributed by atoms with Crippen LogP contribution in [0.3, 0.4) is 0 Å². The van der Waals surface area contributed by atoms with Crippen molar-refractivity contribution in [2.45, 2.75) is 37.8 Å². The highest BCUT2D eigenvalue weighted by atomic mass is 35.5. The summed E-state index contributed by atoms with van der Waals surface area (Å²) in [5, 5.41) is 14.0. The van der Waals surface area contributed by atoms with E-state index in [4.69, 9.17) is 16.3 Å². The van der Waals surface area contributed by atoms with E-state index in [1.807, 2.05) is 24.3 Å². The van der Waals surface area contributed by atoms with Crippen molar-refractivity contribution >= 4 is 11.6 Å². The summed E-state index contributed by atoms with van der Waals surface area (Å²) in [4.78, 5) is 0. The van der Waals surface area contributed by atoms with Crippen molar-refractivity contribution in [1.29, 1.82) is 0 Å². The minimum absolute atomic E-state index is 0.0673. The Morgan fingerprint density at radius 1 is 1.42 bits per heavy atom. The summed E-state index contributed by atoms with van der Waals surface area (Å²) in [5.74, 6) is 0. The van der Waals surface area contributed by atoms with E-state index in [0.717, 1.165) is 38.0 Å². The van der Waals surface area contributed by atoms with E-state index < -0.39 is 5.54 Å². The molecule has 19 heavy (non-hydrogen) atoms. The molecule has 2 unspecified atom stereocenters. The number of aliphatic hydroxyl groups excluding tert-OH is 1. The van der Waals surface area contributed by atoms with Crippen molar-refractivity contribution in [2.75, 3.05) is 19.8 Å². The third kappa shape index (κ3) is 3.48. The van der Waals surface area contributed by atoms with Gasteiger partial charge in [0.1, 0.15) is 0 Å². The van der Waals surface area contributed by atoms with Gasteiger partial charge in [0.05, 0.1) is 18.2 Å². The molecule has 1 aliphatic heterocycles. The molecule has 1 aromatic carbocycles. The molecule has 2 atom stereocenters. The maximum atomic E-state index is 9.84. The van der Waals surface area contributed by atoms with E-state index in [2.05, 4.69) is 12.2 Å². The summed E-state index contributed by atoms with van der Waals surface area (Å²) in [6.07, 6.45) is 3.31. The fourth-order valence-electron chi connectivity index (χ4n) is 2.57. The molecule has 0 saturated carbocycles. The smallest absolute Gasteiger partial charge is 0.0700 e. The average Bonchev–Trinajstić information content (AvgIpc) is 2.95. The molecule has 1 heterocycles. The first-order valence-electron chi connectivity index (χ1n) is 6.94. The van der Waals surface area contributed by atoms with E-state index >= 15 is 0 Å². The van der Waals surface area contributed by atoms with E-state index in [1.165, 1.54) is 0 Å². The highest BCUT2D eigenvalue weighted by molar-refractivity contribution is 6.30. The van der Waals surface area contributed by atoms with Crippen LogP contribution in [0.25, 0.3) is 0 Å². The summed E-state index contributed by atoms with van der Waals surface area (Å²) in [6, 6.07) is 7.69. The molecule has 1 aliphatic rings. The second kappa shape index (κ2) is 6.71. The number of ether oxygens (including phenoxy) is 1. The SMILES string of the molecule is CCC(CO)(NCC1CCCO1)c1ccc(Cl)cc1. The normalized spacial score (nSPS) is 22.4. The van der Waals surface area contributed by atoms with Crippen LogP contribution in [0, 0.1) is 0 Å². The van der Waals surface area contributed by atoms with Crippen LogP contribution in [0.1, 0.15) is 31.7 Å². The molecule has 1 fully saturated rings. The molecular formula is C15H22ClNO2. The number of halogens is 1. The third-order valence-electron chi connectivity index (χ3n) is 3.96. The Morgan fingerprint density at radius 3 is 2.68 bits per heavy atom. The maximum Gasteiger partial charge on any atom is 0.0700 e. The van der Waals surface area contributed by atoms with Gasteiger partial charge in [0.2, 0.25) is 0 Å². The predicted octanol–water partition coefficient (Wildman–Crippen LogP) is 2.71. The van der Waals surface area contributed by atoms with E-state index in [9.17, 15) is 5.11 Å². The van der Waals surface area contributed by atoms with Gasteiger partial charge in [0, 0.05) is 18.2 Å². The Morgan fingerprint density at radius 2 is 2.16 bits per heavy atom. The molecule has 0 amide bonds. The monoisotopic (exact) mass is 283 g/mol. The first-order chi connectivity index (χ1) is 9.20. The highest BCUT2D eigenvalue weighted by Crippen LogP contribution is 2.26. The van der Waals surface area contributed by atoms with Crippen LogP contribution < -0.4 is 5.32 Å². The molecule has 1 aromatic rings. The van der Waals surface area contributed by atoms with Gasteiger partial charge >= 0.3 is 0 Å². The number of aliphatic hydroxyl groups is 1. The van der Waals surface area contributed by atoms with Gasteiger partial charge in [-0.2, -0.15) is 0 Å². The lowest BCUT2D eigenvalue weighted by Crippen LogP contribution is -2.48. The van der Waals surface area contributed by atoms with Crippen LogP contribution in [-0.2, 0) is 10.3 Å². The summed E-state index contributed by atoms with van der Waals surface area (Å²) in [6.45, 7) is 3.77. The lowest BCUT2D eigenvalue weighted by molar-refractivity contribution is 0.0857. The van der Waals surface area contributed by atoms with Crippen LogP contribution in [0.5, 0.6) is 0 Å². The summed E-state index contributed by atoms with van der Waals surface area (Å²) >= 11 is 5.93. The van der Waals surface area contributed by atoms with E-state index in [0.29, 0.717) is 5.02 Å². The third-order valence-corrected chi connectivity index (χ3v) is 4.21. The lowest BCUT2D eigenvalue weighted by atomic mass is 9.87. The molecule has 0 bridgehead atoms. The molecule has 0 aromatic heterocycles. The van der Waals surface area contributed by atoms with Crippen LogP contribution in [0.2, 0.25) is 5.02 Å². The van der Waals surface area contributed by atoms with Crippen molar-refractivity contribution in [1.82, 2.24) is 5.32 Å².